The zero-order valence-electron chi connectivity index (χ0n) is 17.0. The number of aromatic nitrogens is 2. The number of aryl methyl sites for hydroxylation is 1. The summed E-state index contributed by atoms with van der Waals surface area (Å²) in [6, 6.07) is 13.6. The molecule has 29 heavy (non-hydrogen) atoms. The zero-order valence-corrected chi connectivity index (χ0v) is 17.0. The molecule has 0 amide bonds. The molecule has 3 aromatic rings. The van der Waals surface area contributed by atoms with Gasteiger partial charge in [0.15, 0.2) is 0 Å². The monoisotopic (exact) mass is 393 g/mol. The van der Waals surface area contributed by atoms with Gasteiger partial charge in [0.1, 0.15) is 11.6 Å². The summed E-state index contributed by atoms with van der Waals surface area (Å²) >= 11 is 0. The molecule has 2 aromatic carbocycles. The van der Waals surface area contributed by atoms with E-state index in [4.69, 9.17) is 9.72 Å². The number of imidazole rings is 1. The Morgan fingerprint density at radius 3 is 2.52 bits per heavy atom. The summed E-state index contributed by atoms with van der Waals surface area (Å²) in [5.74, 6) is 1.57. The number of methoxy groups -OCH3 is 1. The van der Waals surface area contributed by atoms with Gasteiger partial charge in [0.05, 0.1) is 30.3 Å². The number of hydrogen-bond donors (Lipinski definition) is 1. The minimum absolute atomic E-state index is 0.283. The van der Waals surface area contributed by atoms with Crippen molar-refractivity contribution in [2.45, 2.75) is 38.8 Å². The average Bonchev–Trinajstić information content (AvgIpc) is 3.10. The average molecular weight is 393 g/mol. The Morgan fingerprint density at radius 1 is 1.17 bits per heavy atom. The van der Waals surface area contributed by atoms with Crippen molar-refractivity contribution >= 4 is 17.0 Å². The van der Waals surface area contributed by atoms with Crippen molar-refractivity contribution in [3.8, 4) is 5.75 Å². The van der Waals surface area contributed by atoms with Crippen molar-refractivity contribution in [3.63, 3.8) is 0 Å². The van der Waals surface area contributed by atoms with Gasteiger partial charge in [0.2, 0.25) is 0 Å². The van der Waals surface area contributed by atoms with Gasteiger partial charge in [-0.25, -0.2) is 9.78 Å². The molecule has 1 fully saturated rings. The normalized spacial score (nSPS) is 15.7. The van der Waals surface area contributed by atoms with E-state index in [1.54, 1.807) is 19.2 Å². The zero-order chi connectivity index (χ0) is 20.4. The lowest BCUT2D eigenvalue weighted by Gasteiger charge is -2.32. The molecule has 1 aliphatic heterocycles. The number of likely N-dealkylation sites (tertiary alicyclic amines) is 1. The molecule has 0 saturated carbocycles. The number of carboxylic acids is 1. The molecular weight excluding hydrogens is 366 g/mol. The maximum Gasteiger partial charge on any atom is 0.335 e. The Kier molecular flexibility index (Phi) is 5.53. The predicted molar refractivity (Wildman–Crippen MR) is 113 cm³/mol. The van der Waals surface area contributed by atoms with Gasteiger partial charge in [-0.3, -0.25) is 4.90 Å². The van der Waals surface area contributed by atoms with Crippen molar-refractivity contribution in [3.05, 3.63) is 59.4 Å². The van der Waals surface area contributed by atoms with Crippen molar-refractivity contribution in [1.29, 1.82) is 0 Å². The van der Waals surface area contributed by atoms with Crippen LogP contribution in [0.3, 0.4) is 0 Å². The summed E-state index contributed by atoms with van der Waals surface area (Å²) in [6.07, 6.45) is 2.25. The van der Waals surface area contributed by atoms with Gasteiger partial charge in [-0.05, 0) is 74.7 Å². The van der Waals surface area contributed by atoms with Crippen LogP contribution in [0.4, 0.5) is 0 Å². The Bertz CT molecular complexity index is 1000. The van der Waals surface area contributed by atoms with Crippen LogP contribution in [-0.2, 0) is 13.1 Å². The van der Waals surface area contributed by atoms with Crippen LogP contribution in [0.5, 0.6) is 5.75 Å². The number of carbonyl (C=O) groups is 1. The molecule has 0 bridgehead atoms. The summed E-state index contributed by atoms with van der Waals surface area (Å²) in [5.41, 5.74) is 3.42. The van der Waals surface area contributed by atoms with Gasteiger partial charge in [-0.1, -0.05) is 12.1 Å². The number of rotatable bonds is 6. The lowest BCUT2D eigenvalue weighted by molar-refractivity contribution is 0.0697. The minimum Gasteiger partial charge on any atom is -0.497 e. The molecular formula is C23H27N3O3. The van der Waals surface area contributed by atoms with Crippen LogP contribution in [0.25, 0.3) is 11.0 Å². The topological polar surface area (TPSA) is 67.6 Å². The first-order valence-electron chi connectivity index (χ1n) is 10.2. The summed E-state index contributed by atoms with van der Waals surface area (Å²) in [6.45, 7) is 5.78. The molecule has 152 valence electrons. The number of carboxylic acid groups (broad SMARTS) is 1. The lowest BCUT2D eigenvalue weighted by atomic mass is 9.89. The molecule has 0 aliphatic carbocycles. The summed E-state index contributed by atoms with van der Waals surface area (Å²) in [5, 5.41) is 9.24. The van der Waals surface area contributed by atoms with E-state index in [9.17, 15) is 9.90 Å². The van der Waals surface area contributed by atoms with E-state index in [0.29, 0.717) is 5.92 Å². The van der Waals surface area contributed by atoms with Crippen LogP contribution in [0, 0.1) is 0 Å². The second-order valence-electron chi connectivity index (χ2n) is 7.60. The number of nitrogens with zero attached hydrogens (tertiary/aromatic N) is 3. The molecule has 6 heteroatoms. The number of piperidine rings is 1. The highest BCUT2D eigenvalue weighted by atomic mass is 16.5. The maximum absolute atomic E-state index is 11.3. The van der Waals surface area contributed by atoms with Gasteiger partial charge in [0.25, 0.3) is 0 Å². The first-order valence-corrected chi connectivity index (χ1v) is 10.2. The van der Waals surface area contributed by atoms with Crippen LogP contribution in [0.1, 0.15) is 47.4 Å². The fraction of sp³-hybridized carbons (Fsp3) is 0.391. The molecule has 2 heterocycles. The quantitative estimate of drug-likeness (QED) is 0.682. The first-order chi connectivity index (χ1) is 14.1. The molecule has 0 unspecified atom stereocenters. The van der Waals surface area contributed by atoms with E-state index in [2.05, 4.69) is 28.5 Å². The number of hydrogen-bond acceptors (Lipinski definition) is 4. The SMILES string of the molecule is CCn1c(CN2CCC(c3ccc(OC)cc3)CC2)nc2cc(C(=O)O)ccc21. The van der Waals surface area contributed by atoms with E-state index >= 15 is 0 Å². The van der Waals surface area contributed by atoms with E-state index in [-0.39, 0.29) is 5.56 Å². The van der Waals surface area contributed by atoms with E-state index in [0.717, 1.165) is 61.6 Å². The second-order valence-corrected chi connectivity index (χ2v) is 7.60. The lowest BCUT2D eigenvalue weighted by Crippen LogP contribution is -2.33. The maximum atomic E-state index is 11.3. The number of ether oxygens (including phenoxy) is 1. The summed E-state index contributed by atoms with van der Waals surface area (Å²) in [7, 11) is 1.69. The molecule has 6 nitrogen and oxygen atoms in total. The predicted octanol–water partition coefficient (Wildman–Crippen LogP) is 4.14. The molecule has 1 N–H and O–H groups in total. The molecule has 1 saturated heterocycles. The molecule has 1 aromatic heterocycles. The largest absolute Gasteiger partial charge is 0.497 e. The van der Waals surface area contributed by atoms with Crippen LogP contribution in [0.2, 0.25) is 0 Å². The molecule has 0 atom stereocenters. The first kappa shape index (κ1) is 19.5. The smallest absolute Gasteiger partial charge is 0.335 e. The van der Waals surface area contributed by atoms with Crippen LogP contribution in [-0.4, -0.2) is 45.7 Å². The fourth-order valence-corrected chi connectivity index (χ4v) is 4.29. The van der Waals surface area contributed by atoms with Crippen LogP contribution >= 0.6 is 0 Å². The fourth-order valence-electron chi connectivity index (χ4n) is 4.29. The highest BCUT2D eigenvalue weighted by Gasteiger charge is 2.22. The van der Waals surface area contributed by atoms with Crippen molar-refractivity contribution in [1.82, 2.24) is 14.5 Å². The van der Waals surface area contributed by atoms with Gasteiger partial charge in [0, 0.05) is 6.54 Å². The third-order valence-electron chi connectivity index (χ3n) is 5.93. The number of aromatic carboxylic acids is 1. The van der Waals surface area contributed by atoms with E-state index in [1.807, 2.05) is 18.2 Å². The summed E-state index contributed by atoms with van der Waals surface area (Å²) < 4.78 is 7.45. The Morgan fingerprint density at radius 2 is 1.90 bits per heavy atom. The molecule has 0 radical (unpaired) electrons. The minimum atomic E-state index is -0.917. The van der Waals surface area contributed by atoms with Gasteiger partial charge in [-0.15, -0.1) is 0 Å². The van der Waals surface area contributed by atoms with Crippen molar-refractivity contribution in [2.75, 3.05) is 20.2 Å². The molecule has 1 aliphatic rings. The highest BCUT2D eigenvalue weighted by molar-refractivity contribution is 5.92. The van der Waals surface area contributed by atoms with Gasteiger partial charge in [-0.2, -0.15) is 0 Å². The molecule has 4 rings (SSSR count). The van der Waals surface area contributed by atoms with Crippen molar-refractivity contribution in [2.24, 2.45) is 0 Å². The third kappa shape index (κ3) is 3.98. The van der Waals surface area contributed by atoms with Gasteiger partial charge < -0.3 is 14.4 Å². The third-order valence-corrected chi connectivity index (χ3v) is 5.93. The molecule has 0 spiro atoms. The highest BCUT2D eigenvalue weighted by Crippen LogP contribution is 2.30. The second kappa shape index (κ2) is 8.25. The van der Waals surface area contributed by atoms with Gasteiger partial charge >= 0.3 is 5.97 Å². The Hall–Kier alpha value is -2.86. The Balaban J connectivity index is 1.45. The van der Waals surface area contributed by atoms with E-state index < -0.39 is 5.97 Å². The Labute approximate surface area is 170 Å². The van der Waals surface area contributed by atoms with Crippen LogP contribution in [0.15, 0.2) is 42.5 Å². The number of fused-ring (bicyclic) bond motifs is 1. The van der Waals surface area contributed by atoms with Crippen LogP contribution < -0.4 is 4.74 Å². The standard InChI is InChI=1S/C23H27N3O3/c1-3-26-21-9-6-18(23(27)28)14-20(21)24-22(26)15-25-12-10-17(11-13-25)16-4-7-19(29-2)8-5-16/h4-9,14,17H,3,10-13,15H2,1-2H3,(H,27,28). The van der Waals surface area contributed by atoms with E-state index in [1.165, 1.54) is 5.56 Å². The number of benzene rings is 2. The van der Waals surface area contributed by atoms with Crippen molar-refractivity contribution < 1.29 is 14.6 Å². The summed E-state index contributed by atoms with van der Waals surface area (Å²) in [4.78, 5) is 18.5.